The van der Waals surface area contributed by atoms with Crippen LogP contribution in [0.1, 0.15) is 28.5 Å². The monoisotopic (exact) mass is 444 g/mol. The molecular formula is C22H22ClFN4O3. The topological polar surface area (TPSA) is 99.2 Å². The minimum atomic E-state index is -0.352. The number of benzene rings is 2. The number of hydrogen-bond acceptors (Lipinski definition) is 4. The van der Waals surface area contributed by atoms with Gasteiger partial charge in [-0.2, -0.15) is 5.10 Å². The molecule has 0 bridgehead atoms. The summed E-state index contributed by atoms with van der Waals surface area (Å²) in [6, 6.07) is 11.7. The SMILES string of the molecule is CC(N)=O.Cn1nc(C(=O)NCc2ccccc2F)c2c1-c1cc(Cl)ccc1OCC2. The summed E-state index contributed by atoms with van der Waals surface area (Å²) in [5, 5.41) is 7.74. The highest BCUT2D eigenvalue weighted by atomic mass is 35.5. The van der Waals surface area contributed by atoms with Crippen LogP contribution in [0, 0.1) is 5.82 Å². The van der Waals surface area contributed by atoms with E-state index < -0.39 is 0 Å². The first-order valence-corrected chi connectivity index (χ1v) is 9.92. The van der Waals surface area contributed by atoms with E-state index in [0.29, 0.717) is 35.1 Å². The summed E-state index contributed by atoms with van der Waals surface area (Å²) in [4.78, 5) is 22.0. The van der Waals surface area contributed by atoms with Crippen molar-refractivity contribution in [2.75, 3.05) is 6.61 Å². The first kappa shape index (κ1) is 22.3. The molecule has 7 nitrogen and oxygen atoms in total. The van der Waals surface area contributed by atoms with E-state index in [2.05, 4.69) is 16.1 Å². The molecule has 162 valence electrons. The van der Waals surface area contributed by atoms with Gasteiger partial charge in [0, 0.05) is 48.6 Å². The molecule has 2 heterocycles. The smallest absolute Gasteiger partial charge is 0.272 e. The Labute approximate surface area is 184 Å². The zero-order valence-electron chi connectivity index (χ0n) is 17.1. The molecule has 0 spiro atoms. The molecule has 9 heteroatoms. The van der Waals surface area contributed by atoms with Gasteiger partial charge in [0.2, 0.25) is 5.91 Å². The zero-order valence-corrected chi connectivity index (χ0v) is 17.9. The number of halogens is 2. The van der Waals surface area contributed by atoms with E-state index in [-0.39, 0.29) is 24.2 Å². The molecule has 2 amide bonds. The molecule has 0 atom stereocenters. The third kappa shape index (κ3) is 5.21. The lowest BCUT2D eigenvalue weighted by molar-refractivity contribution is -0.115. The number of aryl methyl sites for hydroxylation is 1. The van der Waals surface area contributed by atoms with Gasteiger partial charge in [-0.25, -0.2) is 4.39 Å². The molecule has 2 aromatic carbocycles. The molecule has 0 saturated heterocycles. The second kappa shape index (κ2) is 9.61. The van der Waals surface area contributed by atoms with Crippen LogP contribution in [-0.4, -0.2) is 28.2 Å². The highest BCUT2D eigenvalue weighted by molar-refractivity contribution is 6.31. The first-order valence-electron chi connectivity index (χ1n) is 9.54. The van der Waals surface area contributed by atoms with Crippen LogP contribution in [-0.2, 0) is 24.8 Å². The number of rotatable bonds is 3. The first-order chi connectivity index (χ1) is 14.8. The van der Waals surface area contributed by atoms with Crippen molar-refractivity contribution in [3.05, 3.63) is 70.1 Å². The van der Waals surface area contributed by atoms with E-state index in [1.807, 2.05) is 12.1 Å². The normalized spacial score (nSPS) is 11.7. The molecule has 3 N–H and O–H groups in total. The Kier molecular flexibility index (Phi) is 6.91. The van der Waals surface area contributed by atoms with Crippen molar-refractivity contribution in [1.29, 1.82) is 0 Å². The van der Waals surface area contributed by atoms with Gasteiger partial charge in [-0.15, -0.1) is 0 Å². The second-order valence-electron chi connectivity index (χ2n) is 6.92. The Hall–Kier alpha value is -3.39. The van der Waals surface area contributed by atoms with Crippen molar-refractivity contribution in [3.63, 3.8) is 0 Å². The number of hydrogen-bond donors (Lipinski definition) is 2. The Morgan fingerprint density at radius 1 is 1.29 bits per heavy atom. The number of primary amides is 1. The molecule has 0 aliphatic carbocycles. The fourth-order valence-electron chi connectivity index (χ4n) is 3.30. The number of fused-ring (bicyclic) bond motifs is 3. The van der Waals surface area contributed by atoms with E-state index in [9.17, 15) is 14.0 Å². The largest absolute Gasteiger partial charge is 0.493 e. The van der Waals surface area contributed by atoms with Crippen LogP contribution in [0.3, 0.4) is 0 Å². The quantitative estimate of drug-likeness (QED) is 0.647. The molecule has 3 aromatic rings. The molecule has 0 fully saturated rings. The van der Waals surface area contributed by atoms with Crippen LogP contribution >= 0.6 is 11.6 Å². The van der Waals surface area contributed by atoms with Crippen molar-refractivity contribution in [2.24, 2.45) is 12.8 Å². The summed E-state index contributed by atoms with van der Waals surface area (Å²) >= 11 is 6.15. The molecule has 4 rings (SSSR count). The number of nitrogens with two attached hydrogens (primary N) is 1. The van der Waals surface area contributed by atoms with E-state index in [0.717, 1.165) is 16.8 Å². The number of nitrogens with one attached hydrogen (secondary N) is 1. The lowest BCUT2D eigenvalue weighted by Crippen LogP contribution is -2.25. The van der Waals surface area contributed by atoms with Crippen molar-refractivity contribution in [3.8, 4) is 17.0 Å². The predicted octanol–water partition coefficient (Wildman–Crippen LogP) is 3.24. The molecule has 0 unspecified atom stereocenters. The second-order valence-corrected chi connectivity index (χ2v) is 7.36. The minimum absolute atomic E-state index is 0.0930. The Morgan fingerprint density at radius 2 is 2.00 bits per heavy atom. The van der Waals surface area contributed by atoms with Gasteiger partial charge in [0.25, 0.3) is 5.91 Å². The van der Waals surface area contributed by atoms with Crippen LogP contribution in [0.15, 0.2) is 42.5 Å². The van der Waals surface area contributed by atoms with Crippen LogP contribution in [0.4, 0.5) is 4.39 Å². The van der Waals surface area contributed by atoms with Crippen LogP contribution in [0.2, 0.25) is 5.02 Å². The molecule has 0 saturated carbocycles. The van der Waals surface area contributed by atoms with E-state index in [4.69, 9.17) is 16.3 Å². The Morgan fingerprint density at radius 3 is 2.71 bits per heavy atom. The average molecular weight is 445 g/mol. The van der Waals surface area contributed by atoms with E-state index in [1.54, 1.807) is 36.0 Å². The molecule has 0 radical (unpaired) electrons. The highest BCUT2D eigenvalue weighted by Gasteiger charge is 2.26. The molecule has 1 aromatic heterocycles. The van der Waals surface area contributed by atoms with Crippen molar-refractivity contribution in [1.82, 2.24) is 15.1 Å². The van der Waals surface area contributed by atoms with Gasteiger partial charge in [-0.3, -0.25) is 14.3 Å². The van der Waals surface area contributed by atoms with E-state index >= 15 is 0 Å². The van der Waals surface area contributed by atoms with Crippen molar-refractivity contribution < 1.29 is 18.7 Å². The lowest BCUT2D eigenvalue weighted by Gasteiger charge is -2.08. The number of carbonyl (C=O) groups is 2. The Bertz CT molecular complexity index is 1130. The van der Waals surface area contributed by atoms with E-state index in [1.165, 1.54) is 13.0 Å². The third-order valence-corrected chi connectivity index (χ3v) is 4.80. The number of nitrogens with zero attached hydrogens (tertiary/aromatic N) is 2. The number of amides is 2. The third-order valence-electron chi connectivity index (χ3n) is 4.56. The van der Waals surface area contributed by atoms with Gasteiger partial charge in [-0.1, -0.05) is 29.8 Å². The maximum absolute atomic E-state index is 13.8. The fraction of sp³-hybridized carbons (Fsp3) is 0.227. The zero-order chi connectivity index (χ0) is 22.5. The molecular weight excluding hydrogens is 423 g/mol. The summed E-state index contributed by atoms with van der Waals surface area (Å²) in [6.45, 7) is 1.83. The maximum Gasteiger partial charge on any atom is 0.272 e. The van der Waals surface area contributed by atoms with Crippen molar-refractivity contribution in [2.45, 2.75) is 19.9 Å². The molecule has 31 heavy (non-hydrogen) atoms. The minimum Gasteiger partial charge on any atom is -0.493 e. The highest BCUT2D eigenvalue weighted by Crippen LogP contribution is 2.38. The Balaban J connectivity index is 0.000000628. The lowest BCUT2D eigenvalue weighted by atomic mass is 10.0. The standard InChI is InChI=1S/C20H17ClFN3O2.C2H5NO/c1-25-19-14(8-9-27-17-7-6-13(21)10-15(17)19)18(24-25)20(26)23-11-12-4-2-3-5-16(12)22;1-2(3)4/h2-7,10H,8-9,11H2,1H3,(H,23,26);1H3,(H2,3,4). The summed E-state index contributed by atoms with van der Waals surface area (Å²) in [7, 11) is 1.78. The fourth-order valence-corrected chi connectivity index (χ4v) is 3.47. The maximum atomic E-state index is 13.8. The number of carbonyl (C=O) groups excluding carboxylic acids is 2. The molecule has 1 aliphatic rings. The summed E-state index contributed by atoms with van der Waals surface area (Å²) in [5.74, 6) is -0.324. The number of ether oxygens (including phenoxy) is 1. The summed E-state index contributed by atoms with van der Waals surface area (Å²) < 4.78 is 21.2. The van der Waals surface area contributed by atoms with Gasteiger partial charge in [0.05, 0.1) is 12.3 Å². The average Bonchev–Trinajstić information content (AvgIpc) is 2.92. The predicted molar refractivity (Wildman–Crippen MR) is 115 cm³/mol. The number of aromatic nitrogens is 2. The van der Waals surface area contributed by atoms with Gasteiger partial charge < -0.3 is 15.8 Å². The van der Waals surface area contributed by atoms with Gasteiger partial charge in [0.1, 0.15) is 11.6 Å². The van der Waals surface area contributed by atoms with Crippen molar-refractivity contribution >= 4 is 23.4 Å². The van der Waals surface area contributed by atoms with Gasteiger partial charge >= 0.3 is 0 Å². The summed E-state index contributed by atoms with van der Waals surface area (Å²) in [6.07, 6.45) is 0.540. The molecule has 1 aliphatic heterocycles. The van der Waals surface area contributed by atoms with Crippen LogP contribution < -0.4 is 15.8 Å². The van der Waals surface area contributed by atoms with Crippen LogP contribution in [0.25, 0.3) is 11.3 Å². The van der Waals surface area contributed by atoms with Gasteiger partial charge in [0.15, 0.2) is 5.69 Å². The van der Waals surface area contributed by atoms with Gasteiger partial charge in [-0.05, 0) is 24.3 Å². The van der Waals surface area contributed by atoms with Crippen LogP contribution in [0.5, 0.6) is 5.75 Å². The summed E-state index contributed by atoms with van der Waals surface area (Å²) in [5.41, 5.74) is 7.62.